The summed E-state index contributed by atoms with van der Waals surface area (Å²) in [5.74, 6) is 0.00619. The molecule has 10 nitrogen and oxygen atoms in total. The molecule has 0 aliphatic heterocycles. The van der Waals surface area contributed by atoms with Crippen molar-refractivity contribution in [1.29, 1.82) is 0 Å². The lowest BCUT2D eigenvalue weighted by Gasteiger charge is -2.06. The summed E-state index contributed by atoms with van der Waals surface area (Å²) < 4.78 is 48.7. The molecule has 1 N–H and O–H groups in total. The van der Waals surface area contributed by atoms with Gasteiger partial charge in [-0.25, -0.2) is 0 Å². The number of hydrogen-bond acceptors (Lipinski definition) is 8. The van der Waals surface area contributed by atoms with Crippen molar-refractivity contribution in [3.8, 4) is 28.9 Å². The van der Waals surface area contributed by atoms with Crippen molar-refractivity contribution in [3.63, 3.8) is 0 Å². The Morgan fingerprint density at radius 1 is 1.00 bits per heavy atom. The standard InChI is InChI=1S/C20H16F3N7O3/c21-20(22,23)15-8-6-13(7-9-15)17-25-29-30(28-17)12-16(31)24-10-11-32-19-27-26-18(33-19)14-4-2-1-3-5-14/h1-9H,10-12H2,(H,24,31). The van der Waals surface area contributed by atoms with E-state index in [-0.39, 0.29) is 31.6 Å². The normalized spacial score (nSPS) is 11.4. The molecule has 33 heavy (non-hydrogen) atoms. The zero-order chi connectivity index (χ0) is 23.3. The molecule has 0 aliphatic rings. The molecule has 2 aromatic heterocycles. The SMILES string of the molecule is O=C(Cn1nnc(-c2ccc(C(F)(F)F)cc2)n1)NCCOc1nnc(-c2ccccc2)o1. The highest BCUT2D eigenvalue weighted by atomic mass is 19.4. The molecule has 2 aromatic carbocycles. The Hall–Kier alpha value is -4.29. The Bertz CT molecular complexity index is 1210. The summed E-state index contributed by atoms with van der Waals surface area (Å²) in [5.41, 5.74) is 0.318. The van der Waals surface area contributed by atoms with Crippen LogP contribution in [0.5, 0.6) is 6.08 Å². The Morgan fingerprint density at radius 3 is 2.48 bits per heavy atom. The molecule has 4 rings (SSSR count). The number of tetrazole rings is 1. The summed E-state index contributed by atoms with van der Waals surface area (Å²) in [7, 11) is 0. The molecule has 0 bridgehead atoms. The van der Waals surface area contributed by atoms with Crippen LogP contribution in [-0.4, -0.2) is 49.5 Å². The van der Waals surface area contributed by atoms with Crippen LogP contribution in [-0.2, 0) is 17.5 Å². The largest absolute Gasteiger partial charge is 0.447 e. The predicted molar refractivity (Wildman–Crippen MR) is 106 cm³/mol. The first-order chi connectivity index (χ1) is 15.9. The Morgan fingerprint density at radius 2 is 1.76 bits per heavy atom. The van der Waals surface area contributed by atoms with Crippen LogP contribution in [0.1, 0.15) is 5.56 Å². The van der Waals surface area contributed by atoms with Crippen molar-refractivity contribution >= 4 is 5.91 Å². The first-order valence-corrected chi connectivity index (χ1v) is 9.62. The fourth-order valence-electron chi connectivity index (χ4n) is 2.71. The predicted octanol–water partition coefficient (Wildman–Crippen LogP) is 2.60. The molecule has 0 aliphatic carbocycles. The maximum Gasteiger partial charge on any atom is 0.416 e. The third-order valence-electron chi connectivity index (χ3n) is 4.29. The van der Waals surface area contributed by atoms with E-state index in [1.54, 1.807) is 0 Å². The summed E-state index contributed by atoms with van der Waals surface area (Å²) in [5, 5.41) is 21.8. The number of alkyl halides is 3. The van der Waals surface area contributed by atoms with Crippen LogP contribution in [0.25, 0.3) is 22.8 Å². The van der Waals surface area contributed by atoms with Gasteiger partial charge in [-0.15, -0.1) is 15.3 Å². The van der Waals surface area contributed by atoms with E-state index in [4.69, 9.17) is 9.15 Å². The van der Waals surface area contributed by atoms with Crippen LogP contribution in [0.4, 0.5) is 13.2 Å². The monoisotopic (exact) mass is 459 g/mol. The molecule has 170 valence electrons. The van der Waals surface area contributed by atoms with Crippen LogP contribution >= 0.6 is 0 Å². The third kappa shape index (κ3) is 5.70. The van der Waals surface area contributed by atoms with Gasteiger partial charge in [-0.05, 0) is 29.5 Å². The number of aromatic nitrogens is 6. The summed E-state index contributed by atoms with van der Waals surface area (Å²) in [6.07, 6.45) is -4.46. The molecule has 0 radical (unpaired) electrons. The molecule has 0 unspecified atom stereocenters. The highest BCUT2D eigenvalue weighted by molar-refractivity contribution is 5.75. The van der Waals surface area contributed by atoms with Crippen molar-refractivity contribution < 1.29 is 27.1 Å². The minimum atomic E-state index is -4.43. The maximum atomic E-state index is 12.7. The number of carbonyl (C=O) groups is 1. The molecule has 2 heterocycles. The van der Waals surface area contributed by atoms with E-state index in [0.29, 0.717) is 11.5 Å². The van der Waals surface area contributed by atoms with Crippen molar-refractivity contribution in [3.05, 3.63) is 60.2 Å². The molecule has 0 saturated heterocycles. The van der Waals surface area contributed by atoms with Crippen molar-refractivity contribution in [2.24, 2.45) is 0 Å². The van der Waals surface area contributed by atoms with Crippen LogP contribution in [0.3, 0.4) is 0 Å². The summed E-state index contributed by atoms with van der Waals surface area (Å²) in [6.45, 7) is 0.0123. The van der Waals surface area contributed by atoms with E-state index in [2.05, 4.69) is 30.9 Å². The van der Waals surface area contributed by atoms with Gasteiger partial charge in [-0.2, -0.15) is 18.0 Å². The van der Waals surface area contributed by atoms with E-state index in [1.165, 1.54) is 12.1 Å². The topological polar surface area (TPSA) is 121 Å². The lowest BCUT2D eigenvalue weighted by molar-refractivity contribution is -0.137. The number of nitrogens with one attached hydrogen (secondary N) is 1. The van der Waals surface area contributed by atoms with Gasteiger partial charge in [0, 0.05) is 11.1 Å². The first-order valence-electron chi connectivity index (χ1n) is 9.62. The molecule has 0 spiro atoms. The molecule has 1 amide bonds. The fourth-order valence-corrected chi connectivity index (χ4v) is 2.71. The number of nitrogens with zero attached hydrogens (tertiary/aromatic N) is 6. The number of hydrogen-bond donors (Lipinski definition) is 1. The Kier molecular flexibility index (Phi) is 6.29. The average molecular weight is 459 g/mol. The molecule has 13 heteroatoms. The van der Waals surface area contributed by atoms with Crippen LogP contribution < -0.4 is 10.1 Å². The quantitative estimate of drug-likeness (QED) is 0.399. The lowest BCUT2D eigenvalue weighted by atomic mass is 10.1. The van der Waals surface area contributed by atoms with Gasteiger partial charge >= 0.3 is 12.3 Å². The number of benzene rings is 2. The second kappa shape index (κ2) is 9.46. The van der Waals surface area contributed by atoms with Crippen molar-refractivity contribution in [2.75, 3.05) is 13.2 Å². The second-order valence-corrected chi connectivity index (χ2v) is 6.66. The molecule has 0 saturated carbocycles. The fraction of sp³-hybridized carbons (Fsp3) is 0.200. The van der Waals surface area contributed by atoms with E-state index in [9.17, 15) is 18.0 Å². The third-order valence-corrected chi connectivity index (χ3v) is 4.29. The van der Waals surface area contributed by atoms with E-state index < -0.39 is 17.6 Å². The Balaban J connectivity index is 1.22. The number of carbonyl (C=O) groups excluding carboxylic acids is 1. The highest BCUT2D eigenvalue weighted by Crippen LogP contribution is 2.30. The van der Waals surface area contributed by atoms with Gasteiger partial charge in [0.25, 0.3) is 5.89 Å². The summed E-state index contributed by atoms with van der Waals surface area (Å²) in [4.78, 5) is 13.1. The van der Waals surface area contributed by atoms with Gasteiger partial charge in [-0.1, -0.05) is 35.4 Å². The summed E-state index contributed by atoms with van der Waals surface area (Å²) >= 11 is 0. The molecule has 0 atom stereocenters. The zero-order valence-electron chi connectivity index (χ0n) is 16.9. The minimum absolute atomic E-state index is 0.0257. The first kappa shape index (κ1) is 21.9. The molecular formula is C20H16F3N7O3. The molecular weight excluding hydrogens is 443 g/mol. The lowest BCUT2D eigenvalue weighted by Crippen LogP contribution is -2.31. The van der Waals surface area contributed by atoms with Crippen LogP contribution in [0, 0.1) is 0 Å². The molecule has 4 aromatic rings. The zero-order valence-corrected chi connectivity index (χ0v) is 16.9. The van der Waals surface area contributed by atoms with E-state index >= 15 is 0 Å². The Labute approximate surface area is 184 Å². The number of ether oxygens (including phenoxy) is 1. The average Bonchev–Trinajstić information content (AvgIpc) is 3.47. The van der Waals surface area contributed by atoms with Gasteiger partial charge in [0.1, 0.15) is 13.2 Å². The van der Waals surface area contributed by atoms with E-state index in [1.807, 2.05) is 30.3 Å². The van der Waals surface area contributed by atoms with Gasteiger partial charge in [0.15, 0.2) is 0 Å². The van der Waals surface area contributed by atoms with Gasteiger partial charge < -0.3 is 14.5 Å². The van der Waals surface area contributed by atoms with Crippen LogP contribution in [0.2, 0.25) is 0 Å². The van der Waals surface area contributed by atoms with E-state index in [0.717, 1.165) is 22.5 Å². The second-order valence-electron chi connectivity index (χ2n) is 6.66. The summed E-state index contributed by atoms with van der Waals surface area (Å²) in [6, 6.07) is 13.5. The van der Waals surface area contributed by atoms with Gasteiger partial charge in [0.2, 0.25) is 11.7 Å². The maximum absolute atomic E-state index is 12.7. The number of amides is 1. The number of rotatable bonds is 8. The van der Waals surface area contributed by atoms with Gasteiger partial charge in [0.05, 0.1) is 12.1 Å². The van der Waals surface area contributed by atoms with Crippen molar-refractivity contribution in [2.45, 2.75) is 12.7 Å². The smallest absolute Gasteiger partial charge is 0.416 e. The van der Waals surface area contributed by atoms with Crippen molar-refractivity contribution in [1.82, 2.24) is 35.7 Å². The highest BCUT2D eigenvalue weighted by Gasteiger charge is 2.30. The van der Waals surface area contributed by atoms with Gasteiger partial charge in [-0.3, -0.25) is 4.79 Å². The minimum Gasteiger partial charge on any atom is -0.447 e. The van der Waals surface area contributed by atoms with Crippen LogP contribution in [0.15, 0.2) is 59.0 Å². The molecule has 0 fully saturated rings. The number of halogens is 3.